The number of rotatable bonds is 9. The number of aryl methyl sites for hydroxylation is 2. The van der Waals surface area contributed by atoms with Crippen molar-refractivity contribution < 1.29 is 5.11 Å². The van der Waals surface area contributed by atoms with Crippen molar-refractivity contribution in [1.29, 1.82) is 0 Å². The predicted molar refractivity (Wildman–Crippen MR) is 106 cm³/mol. The van der Waals surface area contributed by atoms with Crippen LogP contribution in [0.4, 0.5) is 0 Å². The number of nitrogens with one attached hydrogen (secondary N) is 1. The van der Waals surface area contributed by atoms with E-state index >= 15 is 0 Å². The monoisotopic (exact) mass is 355 g/mol. The molecule has 1 atom stereocenters. The van der Waals surface area contributed by atoms with Gasteiger partial charge in [-0.05, 0) is 44.2 Å². The van der Waals surface area contributed by atoms with E-state index in [1.54, 1.807) is 0 Å². The Morgan fingerprint density at radius 1 is 1.23 bits per heavy atom. The molecule has 2 heterocycles. The van der Waals surface area contributed by atoms with E-state index in [0.717, 1.165) is 57.6 Å². The van der Waals surface area contributed by atoms with Crippen LogP contribution in [0, 0.1) is 5.41 Å². The zero-order valence-corrected chi connectivity index (χ0v) is 16.1. The Labute approximate surface area is 157 Å². The summed E-state index contributed by atoms with van der Waals surface area (Å²) in [5.74, 6) is 1.11. The Balaban J connectivity index is 1.57. The number of aromatic nitrogens is 2. The summed E-state index contributed by atoms with van der Waals surface area (Å²) in [7, 11) is 0. The molecule has 1 aliphatic heterocycles. The summed E-state index contributed by atoms with van der Waals surface area (Å²) in [6.07, 6.45) is 9.78. The second-order valence-corrected chi connectivity index (χ2v) is 7.92. The van der Waals surface area contributed by atoms with Gasteiger partial charge in [-0.1, -0.05) is 43.7 Å². The van der Waals surface area contributed by atoms with Gasteiger partial charge in [0.1, 0.15) is 5.82 Å². The molecule has 0 spiro atoms. The molecule has 1 fully saturated rings. The summed E-state index contributed by atoms with van der Waals surface area (Å²) in [4.78, 5) is 10.5. The number of aliphatic hydroxyl groups excluding tert-OH is 1. The van der Waals surface area contributed by atoms with Crippen LogP contribution in [-0.4, -0.2) is 39.7 Å². The molecule has 0 aliphatic carbocycles. The molecule has 0 amide bonds. The van der Waals surface area contributed by atoms with Crippen LogP contribution in [0.15, 0.2) is 36.5 Å². The molecule has 1 aliphatic rings. The number of hydrogen-bond acceptors (Lipinski definition) is 3. The summed E-state index contributed by atoms with van der Waals surface area (Å²) in [5, 5.41) is 10.2. The fourth-order valence-electron chi connectivity index (χ4n) is 4.11. The van der Waals surface area contributed by atoms with Crippen molar-refractivity contribution in [3.05, 3.63) is 53.6 Å². The van der Waals surface area contributed by atoms with E-state index in [9.17, 15) is 5.11 Å². The number of H-pyrrole nitrogens is 1. The van der Waals surface area contributed by atoms with Gasteiger partial charge in [0, 0.05) is 43.4 Å². The third-order valence-corrected chi connectivity index (χ3v) is 5.70. The number of imidazole rings is 1. The van der Waals surface area contributed by atoms with Gasteiger partial charge in [-0.3, -0.25) is 4.90 Å². The number of hydrogen-bond donors (Lipinski definition) is 2. The fraction of sp³-hybridized carbons (Fsp3) is 0.591. The molecule has 26 heavy (non-hydrogen) atoms. The minimum Gasteiger partial charge on any atom is -0.396 e. The largest absolute Gasteiger partial charge is 0.396 e. The van der Waals surface area contributed by atoms with Crippen molar-refractivity contribution in [1.82, 2.24) is 14.9 Å². The zero-order chi connectivity index (χ0) is 18.2. The second kappa shape index (κ2) is 9.33. The van der Waals surface area contributed by atoms with Gasteiger partial charge in [0.05, 0.1) is 0 Å². The van der Waals surface area contributed by atoms with Crippen molar-refractivity contribution in [3.8, 4) is 0 Å². The topological polar surface area (TPSA) is 52.1 Å². The highest BCUT2D eigenvalue weighted by Gasteiger charge is 2.34. The normalized spacial score (nSPS) is 21.2. The maximum absolute atomic E-state index is 10.2. The average molecular weight is 356 g/mol. The van der Waals surface area contributed by atoms with Gasteiger partial charge in [0.25, 0.3) is 0 Å². The van der Waals surface area contributed by atoms with E-state index in [4.69, 9.17) is 0 Å². The molecule has 4 nitrogen and oxygen atoms in total. The van der Waals surface area contributed by atoms with E-state index in [1.165, 1.54) is 24.1 Å². The molecule has 2 N–H and O–H groups in total. The van der Waals surface area contributed by atoms with E-state index in [0.29, 0.717) is 0 Å². The van der Waals surface area contributed by atoms with Crippen LogP contribution in [-0.2, 0) is 19.4 Å². The summed E-state index contributed by atoms with van der Waals surface area (Å²) >= 11 is 0. The minimum atomic E-state index is 0.0269. The average Bonchev–Trinajstić information content (AvgIpc) is 3.13. The van der Waals surface area contributed by atoms with Crippen molar-refractivity contribution in [3.63, 3.8) is 0 Å². The molecular weight excluding hydrogens is 322 g/mol. The van der Waals surface area contributed by atoms with Gasteiger partial charge in [0.2, 0.25) is 0 Å². The lowest BCUT2D eigenvalue weighted by Crippen LogP contribution is -2.45. The summed E-state index contributed by atoms with van der Waals surface area (Å²) in [5.41, 5.74) is 2.60. The molecule has 2 aromatic rings. The number of benzene rings is 1. The lowest BCUT2D eigenvalue weighted by Gasteiger charge is -2.42. The van der Waals surface area contributed by atoms with Crippen LogP contribution in [0.5, 0.6) is 0 Å². The molecule has 1 aromatic heterocycles. The highest BCUT2D eigenvalue weighted by Crippen LogP contribution is 2.34. The number of aromatic amines is 1. The van der Waals surface area contributed by atoms with Crippen molar-refractivity contribution in [2.45, 2.75) is 58.4 Å². The van der Waals surface area contributed by atoms with Gasteiger partial charge >= 0.3 is 0 Å². The smallest absolute Gasteiger partial charge is 0.106 e. The number of nitrogens with zero attached hydrogens (tertiary/aromatic N) is 2. The van der Waals surface area contributed by atoms with Crippen LogP contribution in [0.2, 0.25) is 0 Å². The molecule has 1 saturated heterocycles. The first-order chi connectivity index (χ1) is 12.7. The van der Waals surface area contributed by atoms with Gasteiger partial charge in [-0.15, -0.1) is 0 Å². The number of unbranched alkanes of at least 4 members (excludes halogenated alkanes) is 1. The maximum Gasteiger partial charge on any atom is 0.106 e. The molecule has 0 bridgehead atoms. The highest BCUT2D eigenvalue weighted by atomic mass is 16.3. The molecule has 4 heteroatoms. The summed E-state index contributed by atoms with van der Waals surface area (Å²) in [6, 6.07) is 10.6. The highest BCUT2D eigenvalue weighted by molar-refractivity contribution is 5.15. The Hall–Kier alpha value is -1.65. The molecule has 0 unspecified atom stereocenters. The van der Waals surface area contributed by atoms with Gasteiger partial charge in [-0.2, -0.15) is 0 Å². The molecule has 0 saturated carbocycles. The number of piperidine rings is 1. The first-order valence-electron chi connectivity index (χ1n) is 10.1. The Kier molecular flexibility index (Phi) is 6.86. The standard InChI is InChI=1S/C22H33N3O/c1-2-3-10-21-23-15-20(24-21)16-25-14-7-12-22(17-25,18-26)13-11-19-8-5-4-6-9-19/h4-6,8-9,15,26H,2-3,7,10-14,16-18H2,1H3,(H,23,24)/t22-/m1/s1. The van der Waals surface area contributed by atoms with E-state index in [-0.39, 0.29) is 12.0 Å². The van der Waals surface area contributed by atoms with Crippen molar-refractivity contribution in [2.24, 2.45) is 5.41 Å². The molecule has 0 radical (unpaired) electrons. The molecular formula is C22H33N3O. The first-order valence-corrected chi connectivity index (χ1v) is 10.1. The van der Waals surface area contributed by atoms with Crippen LogP contribution < -0.4 is 0 Å². The van der Waals surface area contributed by atoms with Crippen LogP contribution in [0.1, 0.15) is 56.1 Å². The first kappa shape index (κ1) is 19.1. The lowest BCUT2D eigenvalue weighted by molar-refractivity contribution is 0.0219. The SMILES string of the molecule is CCCCc1ncc(CN2CCC[C@@](CO)(CCc3ccccc3)C2)[nH]1. The van der Waals surface area contributed by atoms with Crippen molar-refractivity contribution in [2.75, 3.05) is 19.7 Å². The summed E-state index contributed by atoms with van der Waals surface area (Å²) < 4.78 is 0. The van der Waals surface area contributed by atoms with E-state index in [2.05, 4.69) is 52.1 Å². The zero-order valence-electron chi connectivity index (χ0n) is 16.1. The molecule has 142 valence electrons. The quantitative estimate of drug-likeness (QED) is 0.716. The van der Waals surface area contributed by atoms with Crippen molar-refractivity contribution >= 4 is 0 Å². The fourth-order valence-corrected chi connectivity index (χ4v) is 4.11. The predicted octanol–water partition coefficient (Wildman–Crippen LogP) is 3.96. The van der Waals surface area contributed by atoms with Gasteiger partial charge in [0.15, 0.2) is 0 Å². The van der Waals surface area contributed by atoms with E-state index < -0.39 is 0 Å². The Morgan fingerprint density at radius 2 is 2.08 bits per heavy atom. The lowest BCUT2D eigenvalue weighted by atomic mass is 9.76. The maximum atomic E-state index is 10.2. The third kappa shape index (κ3) is 5.18. The van der Waals surface area contributed by atoms with Gasteiger partial charge < -0.3 is 10.1 Å². The van der Waals surface area contributed by atoms with Crippen LogP contribution in [0.25, 0.3) is 0 Å². The minimum absolute atomic E-state index is 0.0269. The molecule has 3 rings (SSSR count). The molecule has 1 aromatic carbocycles. The van der Waals surface area contributed by atoms with Crippen LogP contribution in [0.3, 0.4) is 0 Å². The van der Waals surface area contributed by atoms with Crippen LogP contribution >= 0.6 is 0 Å². The Bertz CT molecular complexity index is 654. The third-order valence-electron chi connectivity index (χ3n) is 5.70. The number of aliphatic hydroxyl groups is 1. The second-order valence-electron chi connectivity index (χ2n) is 7.92. The number of likely N-dealkylation sites (tertiary alicyclic amines) is 1. The Morgan fingerprint density at radius 3 is 2.85 bits per heavy atom. The van der Waals surface area contributed by atoms with E-state index in [1.807, 2.05) is 6.20 Å². The van der Waals surface area contributed by atoms with Gasteiger partial charge in [-0.25, -0.2) is 4.98 Å². The summed E-state index contributed by atoms with van der Waals surface area (Å²) in [6.45, 7) is 5.48.